The summed E-state index contributed by atoms with van der Waals surface area (Å²) in [6.45, 7) is 0. The molecular weight excluding hydrogens is 240 g/mol. The zero-order valence-corrected chi connectivity index (χ0v) is 10.7. The molecule has 100 valence electrons. The number of nitrogens with one attached hydrogen (secondary N) is 2. The average molecular weight is 258 g/mol. The van der Waals surface area contributed by atoms with E-state index in [1.54, 1.807) is 0 Å². The van der Waals surface area contributed by atoms with Crippen molar-refractivity contribution in [1.82, 2.24) is 10.3 Å². The number of aliphatic hydroxyl groups excluding tert-OH is 1. The Labute approximate surface area is 111 Å². The van der Waals surface area contributed by atoms with E-state index in [0.29, 0.717) is 5.56 Å². The van der Waals surface area contributed by atoms with Gasteiger partial charge in [-0.2, -0.15) is 0 Å². The van der Waals surface area contributed by atoms with E-state index in [0.717, 1.165) is 36.6 Å². The minimum Gasteiger partial charge on any atom is -0.393 e. The van der Waals surface area contributed by atoms with Gasteiger partial charge in [-0.15, -0.1) is 0 Å². The van der Waals surface area contributed by atoms with E-state index in [1.807, 2.05) is 30.5 Å². The minimum absolute atomic E-state index is 0.0217. The van der Waals surface area contributed by atoms with Crippen molar-refractivity contribution in [3.8, 4) is 0 Å². The summed E-state index contributed by atoms with van der Waals surface area (Å²) in [6, 6.07) is 7.81. The quantitative estimate of drug-likeness (QED) is 0.773. The van der Waals surface area contributed by atoms with Crippen LogP contribution in [0.2, 0.25) is 0 Å². The minimum atomic E-state index is -0.193. The van der Waals surface area contributed by atoms with E-state index in [2.05, 4.69) is 10.3 Å². The monoisotopic (exact) mass is 258 g/mol. The van der Waals surface area contributed by atoms with E-state index < -0.39 is 0 Å². The summed E-state index contributed by atoms with van der Waals surface area (Å²) in [5, 5.41) is 13.5. The van der Waals surface area contributed by atoms with Gasteiger partial charge in [0, 0.05) is 28.7 Å². The van der Waals surface area contributed by atoms with Crippen molar-refractivity contribution in [2.75, 3.05) is 0 Å². The second kappa shape index (κ2) is 5.05. The van der Waals surface area contributed by atoms with Crippen molar-refractivity contribution < 1.29 is 9.90 Å². The largest absolute Gasteiger partial charge is 0.393 e. The summed E-state index contributed by atoms with van der Waals surface area (Å²) >= 11 is 0. The summed E-state index contributed by atoms with van der Waals surface area (Å²) in [5.74, 6) is -0.0217. The molecule has 4 heteroatoms. The van der Waals surface area contributed by atoms with Gasteiger partial charge in [-0.1, -0.05) is 6.07 Å². The molecule has 1 amide bonds. The smallest absolute Gasteiger partial charge is 0.252 e. The summed E-state index contributed by atoms with van der Waals surface area (Å²) in [7, 11) is 0. The van der Waals surface area contributed by atoms with Crippen LogP contribution in [0, 0.1) is 0 Å². The molecule has 3 rings (SSSR count). The second-order valence-corrected chi connectivity index (χ2v) is 5.22. The van der Waals surface area contributed by atoms with E-state index in [4.69, 9.17) is 0 Å². The average Bonchev–Trinajstić information content (AvgIpc) is 2.89. The van der Waals surface area contributed by atoms with Crippen LogP contribution >= 0.6 is 0 Å². The van der Waals surface area contributed by atoms with Gasteiger partial charge in [0.2, 0.25) is 0 Å². The first-order chi connectivity index (χ1) is 9.24. The summed E-state index contributed by atoms with van der Waals surface area (Å²) in [6.07, 6.45) is 4.92. The van der Waals surface area contributed by atoms with Crippen molar-refractivity contribution in [2.45, 2.75) is 37.8 Å². The molecule has 1 fully saturated rings. The Kier molecular flexibility index (Phi) is 3.25. The third kappa shape index (κ3) is 2.49. The Morgan fingerprint density at radius 1 is 1.21 bits per heavy atom. The molecule has 3 N–H and O–H groups in total. The number of H-pyrrole nitrogens is 1. The van der Waals surface area contributed by atoms with Gasteiger partial charge in [-0.3, -0.25) is 4.79 Å². The van der Waals surface area contributed by atoms with Gasteiger partial charge in [-0.05, 0) is 43.9 Å². The number of fused-ring (bicyclic) bond motifs is 1. The fourth-order valence-electron chi connectivity index (χ4n) is 2.77. The third-order valence-electron chi connectivity index (χ3n) is 3.87. The molecule has 19 heavy (non-hydrogen) atoms. The lowest BCUT2D eigenvalue weighted by Gasteiger charge is -2.26. The molecule has 0 radical (unpaired) electrons. The van der Waals surface area contributed by atoms with Gasteiger partial charge in [0.05, 0.1) is 6.10 Å². The van der Waals surface area contributed by atoms with E-state index in [-0.39, 0.29) is 18.1 Å². The first kappa shape index (κ1) is 12.2. The molecule has 4 nitrogen and oxygen atoms in total. The first-order valence-electron chi connectivity index (χ1n) is 6.79. The molecule has 0 saturated heterocycles. The molecule has 2 aromatic rings. The van der Waals surface area contributed by atoms with Gasteiger partial charge < -0.3 is 15.4 Å². The highest BCUT2D eigenvalue weighted by Gasteiger charge is 2.21. The zero-order valence-electron chi connectivity index (χ0n) is 10.7. The van der Waals surface area contributed by atoms with Crippen LogP contribution in [-0.4, -0.2) is 28.1 Å². The molecule has 0 aliphatic heterocycles. The lowest BCUT2D eigenvalue weighted by atomic mass is 9.93. The first-order valence-corrected chi connectivity index (χ1v) is 6.79. The molecule has 0 bridgehead atoms. The maximum atomic E-state index is 12.3. The van der Waals surface area contributed by atoms with E-state index in [1.165, 1.54) is 0 Å². The van der Waals surface area contributed by atoms with Crippen molar-refractivity contribution in [3.63, 3.8) is 0 Å². The Morgan fingerprint density at radius 2 is 2.00 bits per heavy atom. The lowest BCUT2D eigenvalue weighted by Crippen LogP contribution is -2.38. The van der Waals surface area contributed by atoms with Crippen LogP contribution in [0.3, 0.4) is 0 Å². The van der Waals surface area contributed by atoms with Gasteiger partial charge >= 0.3 is 0 Å². The Balaban J connectivity index is 1.75. The molecule has 1 aliphatic carbocycles. The molecule has 0 atom stereocenters. The Morgan fingerprint density at radius 3 is 2.79 bits per heavy atom. The summed E-state index contributed by atoms with van der Waals surface area (Å²) in [4.78, 5) is 15.4. The maximum Gasteiger partial charge on any atom is 0.252 e. The summed E-state index contributed by atoms with van der Waals surface area (Å²) < 4.78 is 0. The number of hydrogen-bond acceptors (Lipinski definition) is 2. The number of rotatable bonds is 2. The van der Waals surface area contributed by atoms with Crippen LogP contribution in [0.25, 0.3) is 10.9 Å². The van der Waals surface area contributed by atoms with Crippen molar-refractivity contribution in [2.24, 2.45) is 0 Å². The number of carbonyl (C=O) groups is 1. The fraction of sp³-hybridized carbons (Fsp3) is 0.400. The van der Waals surface area contributed by atoms with Crippen LogP contribution < -0.4 is 5.32 Å². The van der Waals surface area contributed by atoms with Crippen molar-refractivity contribution >= 4 is 16.8 Å². The standard InChI is InChI=1S/C15H18N2O2/c18-11-6-4-10(5-7-11)17-15(19)13-2-1-3-14-12(13)8-9-16-14/h1-3,8-11,16,18H,4-7H2,(H,17,19). The predicted molar refractivity (Wildman–Crippen MR) is 74.0 cm³/mol. The number of benzene rings is 1. The van der Waals surface area contributed by atoms with Crippen molar-refractivity contribution in [1.29, 1.82) is 0 Å². The van der Waals surface area contributed by atoms with Crippen LogP contribution in [0.4, 0.5) is 0 Å². The molecule has 1 heterocycles. The maximum absolute atomic E-state index is 12.3. The lowest BCUT2D eigenvalue weighted by molar-refractivity contribution is 0.0869. The predicted octanol–water partition coefficient (Wildman–Crippen LogP) is 2.20. The number of amides is 1. The van der Waals surface area contributed by atoms with Gasteiger partial charge in [-0.25, -0.2) is 0 Å². The third-order valence-corrected chi connectivity index (χ3v) is 3.87. The molecule has 0 spiro atoms. The zero-order chi connectivity index (χ0) is 13.2. The topological polar surface area (TPSA) is 65.1 Å². The molecule has 1 aromatic heterocycles. The number of carbonyl (C=O) groups excluding carboxylic acids is 1. The number of aromatic amines is 1. The highest BCUT2D eigenvalue weighted by molar-refractivity contribution is 6.06. The number of aliphatic hydroxyl groups is 1. The molecule has 0 unspecified atom stereocenters. The van der Waals surface area contributed by atoms with Gasteiger partial charge in [0.15, 0.2) is 0 Å². The molecule has 1 saturated carbocycles. The number of aromatic nitrogens is 1. The molecular formula is C15H18N2O2. The Bertz CT molecular complexity index is 583. The number of hydrogen-bond donors (Lipinski definition) is 3. The van der Waals surface area contributed by atoms with Crippen LogP contribution in [0.15, 0.2) is 30.5 Å². The van der Waals surface area contributed by atoms with Crippen LogP contribution in [0.1, 0.15) is 36.0 Å². The Hall–Kier alpha value is -1.81. The van der Waals surface area contributed by atoms with Crippen LogP contribution in [-0.2, 0) is 0 Å². The molecule has 1 aliphatic rings. The molecule has 1 aromatic carbocycles. The summed E-state index contributed by atoms with van der Waals surface area (Å²) in [5.41, 5.74) is 1.69. The highest BCUT2D eigenvalue weighted by atomic mass is 16.3. The van der Waals surface area contributed by atoms with Gasteiger partial charge in [0.1, 0.15) is 0 Å². The van der Waals surface area contributed by atoms with Crippen molar-refractivity contribution in [3.05, 3.63) is 36.0 Å². The SMILES string of the molecule is O=C(NC1CCC(O)CC1)c1cccc2[nH]ccc12. The highest BCUT2D eigenvalue weighted by Crippen LogP contribution is 2.21. The fourth-order valence-corrected chi connectivity index (χ4v) is 2.77. The van der Waals surface area contributed by atoms with Gasteiger partial charge in [0.25, 0.3) is 5.91 Å². The second-order valence-electron chi connectivity index (χ2n) is 5.22. The normalized spacial score (nSPS) is 23.4. The van der Waals surface area contributed by atoms with E-state index in [9.17, 15) is 9.90 Å². The van der Waals surface area contributed by atoms with Crippen LogP contribution in [0.5, 0.6) is 0 Å². The van der Waals surface area contributed by atoms with E-state index >= 15 is 0 Å².